The topological polar surface area (TPSA) is 239 Å². The van der Waals surface area contributed by atoms with Crippen molar-refractivity contribution in [2.75, 3.05) is 19.1 Å². The first-order valence-electron chi connectivity index (χ1n) is 13.3. The summed E-state index contributed by atoms with van der Waals surface area (Å²) in [4.78, 5) is 27.1. The number of hydrogen-bond donors (Lipinski definition) is 4. The average molecular weight is 629 g/mol. The summed E-state index contributed by atoms with van der Waals surface area (Å²) in [6.07, 6.45) is -5.11. The van der Waals surface area contributed by atoms with E-state index in [1.807, 2.05) is 6.07 Å². The van der Waals surface area contributed by atoms with Crippen LogP contribution >= 0.6 is 7.75 Å². The van der Waals surface area contributed by atoms with Gasteiger partial charge in [-0.25, -0.2) is 23.9 Å². The zero-order valence-electron chi connectivity index (χ0n) is 24.6. The molecule has 1 aliphatic rings. The van der Waals surface area contributed by atoms with Crippen molar-refractivity contribution in [3.05, 3.63) is 24.2 Å². The number of fused-ring (bicyclic) bond motifs is 1. The predicted octanol–water partition coefficient (Wildman–Crippen LogP) is 1.52. The third-order valence-corrected chi connectivity index (χ3v) is 7.91. The molecule has 0 aliphatic carbocycles. The molecule has 6 atom stereocenters. The van der Waals surface area contributed by atoms with Crippen molar-refractivity contribution < 1.29 is 52.4 Å². The molecule has 0 bridgehead atoms. The number of rotatable bonds is 13. The molecule has 0 saturated carbocycles. The highest BCUT2D eigenvalue weighted by molar-refractivity contribution is 7.51. The van der Waals surface area contributed by atoms with Crippen molar-refractivity contribution in [3.63, 3.8) is 0 Å². The van der Waals surface area contributed by atoms with Crippen molar-refractivity contribution in [3.8, 4) is 6.07 Å². The van der Waals surface area contributed by atoms with Gasteiger partial charge in [-0.15, -0.1) is 0 Å². The number of aliphatic hydroxyl groups excluding tert-OH is 2. The van der Waals surface area contributed by atoms with Gasteiger partial charge in [-0.2, -0.15) is 10.4 Å². The Bertz CT molecular complexity index is 1400. The second-order valence-electron chi connectivity index (χ2n) is 10.8. The molecule has 2 aromatic rings. The molecule has 0 radical (unpaired) electrons. The molecule has 1 saturated heterocycles. The van der Waals surface area contributed by atoms with Crippen LogP contribution in [-0.2, 0) is 43.0 Å². The van der Waals surface area contributed by atoms with Gasteiger partial charge in [-0.3, -0.25) is 13.8 Å². The Hall–Kier alpha value is -3.36. The van der Waals surface area contributed by atoms with Crippen molar-refractivity contribution in [2.45, 2.75) is 89.6 Å². The van der Waals surface area contributed by atoms with E-state index < -0.39 is 74.9 Å². The van der Waals surface area contributed by atoms with Gasteiger partial charge >= 0.3 is 19.9 Å². The first kappa shape index (κ1) is 34.1. The van der Waals surface area contributed by atoms with Crippen LogP contribution in [0.25, 0.3) is 5.52 Å². The summed E-state index contributed by atoms with van der Waals surface area (Å²) >= 11 is 0. The third kappa shape index (κ3) is 8.18. The monoisotopic (exact) mass is 628 g/mol. The Kier molecular flexibility index (Phi) is 10.7. The Labute approximate surface area is 247 Å². The molecule has 3 heterocycles. The van der Waals surface area contributed by atoms with E-state index in [1.165, 1.54) is 23.6 Å². The van der Waals surface area contributed by atoms with E-state index in [0.29, 0.717) is 5.52 Å². The minimum Gasteiger partial charge on any atom is -0.460 e. The molecular weight excluding hydrogens is 591 g/mol. The van der Waals surface area contributed by atoms with Gasteiger partial charge in [0.1, 0.15) is 41.8 Å². The molecule has 0 aromatic carbocycles. The number of ether oxygens (including phenoxy) is 4. The van der Waals surface area contributed by atoms with E-state index >= 15 is 0 Å². The third-order valence-electron chi connectivity index (χ3n) is 6.22. The van der Waals surface area contributed by atoms with E-state index in [1.54, 1.807) is 34.6 Å². The van der Waals surface area contributed by atoms with Gasteiger partial charge in [0.05, 0.1) is 18.4 Å². The number of nitrogens with one attached hydrogen (secondary N) is 1. The number of aromatic nitrogens is 3. The number of carbonyl (C=O) groups excluding carboxylic acids is 2. The number of nitrogen functional groups attached to an aromatic ring is 1. The van der Waals surface area contributed by atoms with E-state index in [4.69, 9.17) is 33.7 Å². The zero-order chi connectivity index (χ0) is 32.2. The van der Waals surface area contributed by atoms with Crippen LogP contribution < -0.4 is 10.8 Å². The lowest BCUT2D eigenvalue weighted by Crippen LogP contribution is -2.41. The quantitative estimate of drug-likeness (QED) is 0.140. The van der Waals surface area contributed by atoms with E-state index in [2.05, 4.69) is 15.2 Å². The van der Waals surface area contributed by atoms with Gasteiger partial charge in [0, 0.05) is 19.4 Å². The van der Waals surface area contributed by atoms with Crippen LogP contribution in [0.4, 0.5) is 10.6 Å². The maximum Gasteiger partial charge on any atom is 0.510 e. The Morgan fingerprint density at radius 1 is 1.30 bits per heavy atom. The molecule has 3 rings (SSSR count). The van der Waals surface area contributed by atoms with Crippen LogP contribution in [0.5, 0.6) is 0 Å². The molecule has 2 aromatic heterocycles. The normalized spacial score (nSPS) is 24.3. The van der Waals surface area contributed by atoms with Crippen LogP contribution in [-0.4, -0.2) is 86.4 Å². The molecule has 0 amide bonds. The molecule has 238 valence electrons. The molecule has 18 heteroatoms. The van der Waals surface area contributed by atoms with Crippen LogP contribution in [0.3, 0.4) is 0 Å². The molecule has 43 heavy (non-hydrogen) atoms. The van der Waals surface area contributed by atoms with Gasteiger partial charge in [0.2, 0.25) is 12.4 Å². The van der Waals surface area contributed by atoms with Crippen LogP contribution in [0.15, 0.2) is 18.5 Å². The summed E-state index contributed by atoms with van der Waals surface area (Å²) in [5.74, 6) is -0.404. The lowest BCUT2D eigenvalue weighted by molar-refractivity contribution is -0.154. The maximum atomic E-state index is 13.8. The Morgan fingerprint density at radius 2 is 2.00 bits per heavy atom. The largest absolute Gasteiger partial charge is 0.510 e. The summed E-state index contributed by atoms with van der Waals surface area (Å²) in [6.45, 7) is 7.89. The van der Waals surface area contributed by atoms with Gasteiger partial charge in [-0.1, -0.05) is 0 Å². The molecule has 17 nitrogen and oxygen atoms in total. The Morgan fingerprint density at radius 3 is 2.63 bits per heavy atom. The number of anilines is 1. The van der Waals surface area contributed by atoms with Crippen molar-refractivity contribution in [1.29, 1.82) is 5.26 Å². The first-order valence-corrected chi connectivity index (χ1v) is 14.8. The highest BCUT2D eigenvalue weighted by atomic mass is 31.2. The summed E-state index contributed by atoms with van der Waals surface area (Å²) < 4.78 is 46.6. The zero-order valence-corrected chi connectivity index (χ0v) is 25.5. The summed E-state index contributed by atoms with van der Waals surface area (Å²) in [5, 5.41) is 38.6. The highest BCUT2D eigenvalue weighted by Gasteiger charge is 2.58. The van der Waals surface area contributed by atoms with Gasteiger partial charge in [0.15, 0.2) is 5.82 Å². The molecule has 1 fully saturated rings. The van der Waals surface area contributed by atoms with Gasteiger partial charge < -0.3 is 34.9 Å². The number of nitrogens with zero attached hydrogens (tertiary/aromatic N) is 4. The minimum absolute atomic E-state index is 0.0593. The second kappa shape index (κ2) is 13.5. The number of nitrogens with two attached hydrogens (primary N) is 1. The number of esters is 1. The second-order valence-corrected chi connectivity index (χ2v) is 12.6. The smallest absolute Gasteiger partial charge is 0.460 e. The van der Waals surface area contributed by atoms with E-state index in [9.17, 15) is 29.6 Å². The van der Waals surface area contributed by atoms with Crippen molar-refractivity contribution >= 4 is 31.2 Å². The van der Waals surface area contributed by atoms with Gasteiger partial charge in [0.25, 0.3) is 0 Å². The summed E-state index contributed by atoms with van der Waals surface area (Å²) in [7, 11) is -4.36. The van der Waals surface area contributed by atoms with Crippen molar-refractivity contribution in [2.24, 2.45) is 0 Å². The highest BCUT2D eigenvalue weighted by Crippen LogP contribution is 2.47. The Balaban J connectivity index is 1.79. The molecule has 1 unspecified atom stereocenters. The fraction of sp³-hybridized carbons (Fsp3) is 0.640. The number of carbonyl (C=O) groups is 2. The van der Waals surface area contributed by atoms with E-state index in [-0.39, 0.29) is 17.9 Å². The fourth-order valence-corrected chi connectivity index (χ4v) is 6.08. The average Bonchev–Trinajstić information content (AvgIpc) is 3.42. The molecule has 5 N–H and O–H groups in total. The van der Waals surface area contributed by atoms with Crippen LogP contribution in [0, 0.1) is 11.3 Å². The number of nitriles is 1. The molecular formula is C25H37N6O11P. The maximum absolute atomic E-state index is 13.8. The summed E-state index contributed by atoms with van der Waals surface area (Å²) in [5.41, 5.74) is 3.19. The lowest BCUT2D eigenvalue weighted by Gasteiger charge is -2.30. The lowest BCUT2D eigenvalue weighted by atomic mass is 9.92. The minimum atomic E-state index is -4.36. The van der Waals surface area contributed by atoms with Crippen LogP contribution in [0.1, 0.15) is 53.7 Å². The fourth-order valence-electron chi connectivity index (χ4n) is 4.69. The predicted molar refractivity (Wildman–Crippen MR) is 147 cm³/mol. The number of hydrogen-bond acceptors (Lipinski definition) is 15. The number of aliphatic hydroxyl groups is 2. The summed E-state index contributed by atoms with van der Waals surface area (Å²) in [6, 6.07) is 4.20. The molecule has 1 aliphatic heterocycles. The first-order chi connectivity index (χ1) is 20.0. The van der Waals surface area contributed by atoms with Crippen LogP contribution in [0.2, 0.25) is 0 Å². The molecule has 0 spiro atoms. The van der Waals surface area contributed by atoms with Gasteiger partial charge in [-0.05, 0) is 46.8 Å². The van der Waals surface area contributed by atoms with Crippen molar-refractivity contribution in [1.82, 2.24) is 19.7 Å². The SMILES string of the molecule is CC(=O)OC(C)(C)C[C@H](C)NP(=O)(OCOC(=O)OC(C)C)OC[C@H]1O[C@@](C#N)(c2ccc3c(N)ncnn23)[C@H](O)[C@@H]1O. The van der Waals surface area contributed by atoms with E-state index in [0.717, 1.165) is 6.33 Å². The standard InChI is InChI=1S/C25H37N6O11P/c1-14(2)40-23(35)37-13-39-43(36,30-15(3)9-24(5,6)41-16(4)32)38-10-18-20(33)21(34)25(11-26,42-18)19-8-7-17-22(27)28-12-29-31(17)19/h7-8,12,14-15,18,20-21,33-34H,9-10,13H2,1-6H3,(H,30,36)(H2,27,28,29)/t15-,18+,20+,21+,25-,43?/m0/s1.